The first kappa shape index (κ1) is 17.2. The van der Waals surface area contributed by atoms with Crippen LogP contribution in [0.1, 0.15) is 56.2 Å². The van der Waals surface area contributed by atoms with Gasteiger partial charge < -0.3 is 4.90 Å². The molecule has 1 unspecified atom stereocenters. The Bertz CT molecular complexity index is 633. The number of hydrogen-bond acceptors (Lipinski definition) is 4. The number of likely N-dealkylation sites (tertiary alicyclic amines) is 2. The molecule has 1 aromatic rings. The molecule has 2 saturated heterocycles. The first-order chi connectivity index (χ1) is 12.3. The van der Waals surface area contributed by atoms with Crippen LogP contribution in [0.3, 0.4) is 0 Å². The van der Waals surface area contributed by atoms with Gasteiger partial charge in [0.1, 0.15) is 0 Å². The highest BCUT2D eigenvalue weighted by Crippen LogP contribution is 2.20. The van der Waals surface area contributed by atoms with Crippen molar-refractivity contribution in [2.75, 3.05) is 32.7 Å². The maximum Gasteiger partial charge on any atom is 0.267 e. The number of hydrogen-bond donors (Lipinski definition) is 0. The van der Waals surface area contributed by atoms with Crippen molar-refractivity contribution in [3.63, 3.8) is 0 Å². The fourth-order valence-corrected chi connectivity index (χ4v) is 4.80. The highest BCUT2D eigenvalue weighted by Gasteiger charge is 2.26. The SMILES string of the molecule is O=c1cc2c(nn1CC1CCCN1CCN1CCCCCC1)CCC2. The Hall–Kier alpha value is -1.20. The van der Waals surface area contributed by atoms with Gasteiger partial charge in [0.15, 0.2) is 0 Å². The molecule has 0 radical (unpaired) electrons. The van der Waals surface area contributed by atoms with Gasteiger partial charge in [-0.05, 0) is 70.1 Å². The third kappa shape index (κ3) is 4.14. The van der Waals surface area contributed by atoms with Gasteiger partial charge in [-0.25, -0.2) is 4.68 Å². The van der Waals surface area contributed by atoms with Gasteiger partial charge in [0.25, 0.3) is 5.56 Å². The second-order valence-corrected chi connectivity index (χ2v) is 8.08. The molecule has 0 saturated carbocycles. The molecular weight excluding hydrogens is 312 g/mol. The largest absolute Gasteiger partial charge is 0.302 e. The number of fused-ring (bicyclic) bond motifs is 1. The molecule has 2 aliphatic heterocycles. The van der Waals surface area contributed by atoms with Crippen LogP contribution in [0.25, 0.3) is 0 Å². The van der Waals surface area contributed by atoms with Crippen molar-refractivity contribution < 1.29 is 0 Å². The number of nitrogens with zero attached hydrogens (tertiary/aromatic N) is 4. The Morgan fingerprint density at radius 1 is 0.960 bits per heavy atom. The van der Waals surface area contributed by atoms with Crippen molar-refractivity contribution in [3.05, 3.63) is 27.7 Å². The highest BCUT2D eigenvalue weighted by molar-refractivity contribution is 5.22. The van der Waals surface area contributed by atoms with Crippen molar-refractivity contribution in [1.82, 2.24) is 19.6 Å². The van der Waals surface area contributed by atoms with Crippen LogP contribution in [0.5, 0.6) is 0 Å². The van der Waals surface area contributed by atoms with Crippen LogP contribution in [-0.2, 0) is 19.4 Å². The fraction of sp³-hybridized carbons (Fsp3) is 0.800. The highest BCUT2D eigenvalue weighted by atomic mass is 16.1. The molecule has 25 heavy (non-hydrogen) atoms. The van der Waals surface area contributed by atoms with E-state index in [0.29, 0.717) is 6.04 Å². The monoisotopic (exact) mass is 344 g/mol. The van der Waals surface area contributed by atoms with Crippen molar-refractivity contribution >= 4 is 0 Å². The van der Waals surface area contributed by atoms with Crippen LogP contribution in [-0.4, -0.2) is 58.3 Å². The lowest BCUT2D eigenvalue weighted by Gasteiger charge is -2.28. The van der Waals surface area contributed by atoms with Crippen molar-refractivity contribution in [3.8, 4) is 0 Å². The number of aryl methyl sites for hydroxylation is 2. The second-order valence-electron chi connectivity index (χ2n) is 8.08. The Morgan fingerprint density at radius 2 is 1.80 bits per heavy atom. The summed E-state index contributed by atoms with van der Waals surface area (Å²) in [6.07, 6.45) is 11.2. The van der Waals surface area contributed by atoms with E-state index in [9.17, 15) is 4.79 Å². The average molecular weight is 345 g/mol. The second kappa shape index (κ2) is 8.00. The van der Waals surface area contributed by atoms with Gasteiger partial charge in [-0.2, -0.15) is 5.10 Å². The van der Waals surface area contributed by atoms with E-state index in [1.807, 2.05) is 6.07 Å². The number of rotatable bonds is 5. The molecule has 1 atom stereocenters. The maximum atomic E-state index is 12.4. The molecule has 4 rings (SSSR count). The van der Waals surface area contributed by atoms with Crippen LogP contribution >= 0.6 is 0 Å². The van der Waals surface area contributed by atoms with Gasteiger partial charge in [0.2, 0.25) is 0 Å². The Balaban J connectivity index is 1.36. The maximum absolute atomic E-state index is 12.4. The number of aromatic nitrogens is 2. The quantitative estimate of drug-likeness (QED) is 0.820. The molecule has 3 aliphatic rings. The summed E-state index contributed by atoms with van der Waals surface area (Å²) < 4.78 is 1.75. The van der Waals surface area contributed by atoms with Gasteiger partial charge >= 0.3 is 0 Å². The van der Waals surface area contributed by atoms with Crippen LogP contribution in [0.15, 0.2) is 10.9 Å². The Labute approximate surface area is 151 Å². The van der Waals surface area contributed by atoms with E-state index >= 15 is 0 Å². The van der Waals surface area contributed by atoms with E-state index in [0.717, 1.165) is 38.0 Å². The summed E-state index contributed by atoms with van der Waals surface area (Å²) in [4.78, 5) is 17.6. The first-order valence-corrected chi connectivity index (χ1v) is 10.4. The molecule has 0 spiro atoms. The molecule has 5 heteroatoms. The van der Waals surface area contributed by atoms with E-state index < -0.39 is 0 Å². The zero-order valence-electron chi connectivity index (χ0n) is 15.5. The zero-order valence-corrected chi connectivity index (χ0v) is 15.5. The Morgan fingerprint density at radius 3 is 2.64 bits per heavy atom. The zero-order chi connectivity index (χ0) is 17.1. The molecule has 2 fully saturated rings. The third-order valence-electron chi connectivity index (χ3n) is 6.31. The van der Waals surface area contributed by atoms with E-state index in [-0.39, 0.29) is 5.56 Å². The normalized spacial score (nSPS) is 25.2. The summed E-state index contributed by atoms with van der Waals surface area (Å²) in [6.45, 7) is 6.81. The predicted molar refractivity (Wildman–Crippen MR) is 100 cm³/mol. The Kier molecular flexibility index (Phi) is 5.51. The molecule has 138 valence electrons. The van der Waals surface area contributed by atoms with Crippen LogP contribution in [0.4, 0.5) is 0 Å². The summed E-state index contributed by atoms with van der Waals surface area (Å²) in [5, 5.41) is 4.68. The third-order valence-corrected chi connectivity index (χ3v) is 6.31. The molecule has 1 aromatic heterocycles. The summed E-state index contributed by atoms with van der Waals surface area (Å²) >= 11 is 0. The van der Waals surface area contributed by atoms with E-state index in [2.05, 4.69) is 14.9 Å². The molecule has 1 aliphatic carbocycles. The lowest BCUT2D eigenvalue weighted by atomic mass is 10.2. The van der Waals surface area contributed by atoms with E-state index in [1.165, 1.54) is 70.3 Å². The fourth-order valence-electron chi connectivity index (χ4n) is 4.80. The van der Waals surface area contributed by atoms with Crippen LogP contribution in [0.2, 0.25) is 0 Å². The molecule has 5 nitrogen and oxygen atoms in total. The average Bonchev–Trinajstić information content (AvgIpc) is 3.16. The summed E-state index contributed by atoms with van der Waals surface area (Å²) in [5.41, 5.74) is 2.44. The van der Waals surface area contributed by atoms with Gasteiger partial charge in [-0.15, -0.1) is 0 Å². The van der Waals surface area contributed by atoms with E-state index in [1.54, 1.807) is 4.68 Å². The van der Waals surface area contributed by atoms with Gasteiger partial charge in [-0.3, -0.25) is 9.69 Å². The van der Waals surface area contributed by atoms with Crippen molar-refractivity contribution in [2.45, 2.75) is 70.4 Å². The summed E-state index contributed by atoms with van der Waals surface area (Å²) in [7, 11) is 0. The minimum Gasteiger partial charge on any atom is -0.302 e. The lowest BCUT2D eigenvalue weighted by Crippen LogP contribution is -2.41. The molecule has 0 amide bonds. The topological polar surface area (TPSA) is 41.4 Å². The van der Waals surface area contributed by atoms with Gasteiger partial charge in [0.05, 0.1) is 12.2 Å². The minimum atomic E-state index is 0.0972. The molecule has 0 bridgehead atoms. The van der Waals surface area contributed by atoms with Crippen LogP contribution < -0.4 is 5.56 Å². The lowest BCUT2D eigenvalue weighted by molar-refractivity contribution is 0.181. The van der Waals surface area contributed by atoms with Gasteiger partial charge in [0, 0.05) is 25.2 Å². The predicted octanol–water partition coefficient (Wildman–Crippen LogP) is 2.07. The molecule has 0 N–H and O–H groups in total. The smallest absolute Gasteiger partial charge is 0.267 e. The van der Waals surface area contributed by atoms with Crippen LogP contribution in [0, 0.1) is 0 Å². The van der Waals surface area contributed by atoms with Crippen molar-refractivity contribution in [1.29, 1.82) is 0 Å². The van der Waals surface area contributed by atoms with E-state index in [4.69, 9.17) is 0 Å². The molecule has 0 aromatic carbocycles. The first-order valence-electron chi connectivity index (χ1n) is 10.4. The standard InChI is InChI=1S/C20H32N4O/c25-20-15-17-7-5-9-19(17)21-24(20)16-18-8-6-12-23(18)14-13-22-10-3-1-2-4-11-22/h15,18H,1-14,16H2. The molecule has 3 heterocycles. The summed E-state index contributed by atoms with van der Waals surface area (Å²) in [6, 6.07) is 2.32. The van der Waals surface area contributed by atoms with Gasteiger partial charge in [-0.1, -0.05) is 12.8 Å². The summed E-state index contributed by atoms with van der Waals surface area (Å²) in [5.74, 6) is 0. The minimum absolute atomic E-state index is 0.0972. The molecular formula is C20H32N4O. The van der Waals surface area contributed by atoms with Crippen molar-refractivity contribution in [2.24, 2.45) is 0 Å².